The number of sulfone groups is 1. The Morgan fingerprint density at radius 3 is 2.50 bits per heavy atom. The van der Waals surface area contributed by atoms with Crippen molar-refractivity contribution in [2.24, 2.45) is 5.10 Å². The van der Waals surface area contributed by atoms with Gasteiger partial charge in [0, 0.05) is 26.0 Å². The molecule has 0 spiro atoms. The molecule has 0 aromatic heterocycles. The number of amidine groups is 1. The van der Waals surface area contributed by atoms with Gasteiger partial charge in [0.2, 0.25) is 0 Å². The predicted octanol–water partition coefficient (Wildman–Crippen LogP) is 2.16. The lowest BCUT2D eigenvalue weighted by molar-refractivity contribution is 0.0976. The molecule has 0 saturated carbocycles. The topological polar surface area (TPSA) is 150 Å². The number of phenolic OH excluding ortho intramolecular Hbond substituents is 1. The van der Waals surface area contributed by atoms with Crippen molar-refractivity contribution in [2.45, 2.75) is 4.90 Å². The number of nitrogens with one attached hydrogen (secondary N) is 3. The van der Waals surface area contributed by atoms with Crippen LogP contribution in [0.3, 0.4) is 0 Å². The average molecular weight is 461 g/mol. The zero-order chi connectivity index (χ0) is 23.7. The summed E-state index contributed by atoms with van der Waals surface area (Å²) in [5, 5.41) is 24.0. The number of phenols is 1. The highest BCUT2D eigenvalue weighted by atomic mass is 32.2. The number of methoxy groups -OCH3 is 1. The maximum atomic E-state index is 12.6. The average Bonchev–Trinajstić information content (AvgIpc) is 2.74. The molecule has 0 bridgehead atoms. The molecule has 0 radical (unpaired) electrons. The summed E-state index contributed by atoms with van der Waals surface area (Å²) in [6, 6.07) is 8.39. The summed E-state index contributed by atoms with van der Waals surface area (Å²) in [5.41, 5.74) is 2.82. The van der Waals surface area contributed by atoms with Gasteiger partial charge in [-0.1, -0.05) is 6.08 Å². The number of benzene rings is 2. The molecule has 2 aromatic carbocycles. The molecule has 0 saturated heterocycles. The smallest absolute Gasteiger partial charge is 0.257 e. The highest BCUT2D eigenvalue weighted by molar-refractivity contribution is 7.90. The number of rotatable bonds is 9. The molecule has 2 aromatic rings. The lowest BCUT2D eigenvalue weighted by Gasteiger charge is -2.13. The van der Waals surface area contributed by atoms with Crippen LogP contribution in [0.25, 0.3) is 6.08 Å². The first-order valence-electron chi connectivity index (χ1n) is 9.26. The Labute approximate surface area is 186 Å². The Hall–Kier alpha value is -3.70. The third-order valence-electron chi connectivity index (χ3n) is 4.02. The Morgan fingerprint density at radius 1 is 1.25 bits per heavy atom. The van der Waals surface area contributed by atoms with Crippen LogP contribution in [-0.4, -0.2) is 58.5 Å². The summed E-state index contributed by atoms with van der Waals surface area (Å²) in [5.74, 6) is -0.429. The van der Waals surface area contributed by atoms with E-state index in [1.807, 2.05) is 0 Å². The lowest BCUT2D eigenvalue weighted by atomic mass is 10.1. The van der Waals surface area contributed by atoms with Crippen molar-refractivity contribution >= 4 is 33.9 Å². The first-order valence-corrected chi connectivity index (χ1v) is 11.2. The van der Waals surface area contributed by atoms with Crippen molar-refractivity contribution in [3.05, 3.63) is 53.6 Å². The summed E-state index contributed by atoms with van der Waals surface area (Å²) in [4.78, 5) is 12.7. The summed E-state index contributed by atoms with van der Waals surface area (Å²) in [6.07, 6.45) is 5.19. The summed E-state index contributed by atoms with van der Waals surface area (Å²) >= 11 is 0. The van der Waals surface area contributed by atoms with Gasteiger partial charge in [-0.25, -0.2) is 8.42 Å². The molecular weight excluding hydrogens is 436 g/mol. The van der Waals surface area contributed by atoms with E-state index >= 15 is 0 Å². The van der Waals surface area contributed by atoms with Crippen molar-refractivity contribution in [3.63, 3.8) is 0 Å². The van der Waals surface area contributed by atoms with Gasteiger partial charge in [-0.2, -0.15) is 5.10 Å². The van der Waals surface area contributed by atoms with E-state index in [4.69, 9.17) is 14.9 Å². The van der Waals surface area contributed by atoms with E-state index in [2.05, 4.69) is 15.8 Å². The SMILES string of the molecule is CN/N=C(\C=N)NC(=O)c1cc(O)c(/C=C/COC)c(Oc2ccc(S(C)(=O)=O)cc2)c1. The quantitative estimate of drug-likeness (QED) is 0.254. The van der Waals surface area contributed by atoms with Crippen molar-refractivity contribution < 1.29 is 27.8 Å². The van der Waals surface area contributed by atoms with E-state index < -0.39 is 15.7 Å². The predicted molar refractivity (Wildman–Crippen MR) is 121 cm³/mol. The molecule has 2 rings (SSSR count). The first kappa shape index (κ1) is 24.6. The third kappa shape index (κ3) is 6.65. The molecule has 0 atom stereocenters. The van der Waals surface area contributed by atoms with Crippen LogP contribution in [0.5, 0.6) is 17.2 Å². The standard InChI is InChI=1S/C21H24N4O6S/c1-23-25-20(13-22)24-21(27)14-11-18(26)17(5-4-10-30-2)19(12-14)31-15-6-8-16(9-7-15)32(3,28)29/h4-9,11-13,22-23,26H,10H2,1-3H3,(H,24,25,27)/b5-4+,22-13?. The molecule has 170 valence electrons. The van der Waals surface area contributed by atoms with Crippen LogP contribution in [0.2, 0.25) is 0 Å². The third-order valence-corrected chi connectivity index (χ3v) is 5.15. The van der Waals surface area contributed by atoms with E-state index in [1.54, 1.807) is 12.2 Å². The van der Waals surface area contributed by atoms with E-state index in [0.717, 1.165) is 12.5 Å². The Bertz CT molecular complexity index is 1140. The van der Waals surface area contributed by atoms with E-state index in [9.17, 15) is 18.3 Å². The van der Waals surface area contributed by atoms with Gasteiger partial charge in [-0.05, 0) is 42.5 Å². The number of aromatic hydroxyl groups is 1. The normalized spacial score (nSPS) is 11.9. The van der Waals surface area contributed by atoms with Gasteiger partial charge in [0.1, 0.15) is 17.2 Å². The maximum absolute atomic E-state index is 12.6. The van der Waals surface area contributed by atoms with Crippen molar-refractivity contribution in [2.75, 3.05) is 27.0 Å². The van der Waals surface area contributed by atoms with Crippen molar-refractivity contribution in [3.8, 4) is 17.2 Å². The maximum Gasteiger partial charge on any atom is 0.257 e. The highest BCUT2D eigenvalue weighted by Crippen LogP contribution is 2.34. The number of hydrogen-bond donors (Lipinski definition) is 4. The Morgan fingerprint density at radius 2 is 1.94 bits per heavy atom. The monoisotopic (exact) mass is 460 g/mol. The molecule has 0 unspecified atom stereocenters. The van der Waals surface area contributed by atoms with Crippen molar-refractivity contribution in [1.82, 2.24) is 10.7 Å². The molecule has 0 aliphatic heterocycles. The molecule has 0 fully saturated rings. The van der Waals surface area contributed by atoms with Gasteiger partial charge in [-0.15, -0.1) is 0 Å². The van der Waals surface area contributed by atoms with Gasteiger partial charge < -0.3 is 30.7 Å². The second-order valence-electron chi connectivity index (χ2n) is 6.43. The molecule has 0 aliphatic carbocycles. The zero-order valence-electron chi connectivity index (χ0n) is 17.7. The van der Waals surface area contributed by atoms with Crippen LogP contribution in [0.4, 0.5) is 0 Å². The van der Waals surface area contributed by atoms with Crippen LogP contribution in [0, 0.1) is 5.41 Å². The van der Waals surface area contributed by atoms with Gasteiger partial charge in [0.25, 0.3) is 5.91 Å². The second-order valence-corrected chi connectivity index (χ2v) is 8.45. The molecule has 11 heteroatoms. The molecule has 0 heterocycles. The van der Waals surface area contributed by atoms with Crippen LogP contribution < -0.4 is 15.5 Å². The molecule has 0 aliphatic rings. The van der Waals surface area contributed by atoms with Gasteiger partial charge in [0.15, 0.2) is 15.7 Å². The van der Waals surface area contributed by atoms with Crippen LogP contribution in [0.1, 0.15) is 15.9 Å². The van der Waals surface area contributed by atoms with E-state index in [-0.39, 0.29) is 34.4 Å². The van der Waals surface area contributed by atoms with Gasteiger partial charge in [0.05, 0.1) is 23.3 Å². The molecule has 1 amide bonds. The number of carbonyl (C=O) groups excluding carboxylic acids is 1. The summed E-state index contributed by atoms with van der Waals surface area (Å²) in [7, 11) is -0.330. The Balaban J connectivity index is 2.45. The minimum Gasteiger partial charge on any atom is -0.507 e. The molecule has 32 heavy (non-hydrogen) atoms. The fourth-order valence-corrected chi connectivity index (χ4v) is 3.17. The molecular formula is C21H24N4O6S. The highest BCUT2D eigenvalue weighted by Gasteiger charge is 2.16. The lowest BCUT2D eigenvalue weighted by Crippen LogP contribution is -2.32. The number of amides is 1. The summed E-state index contributed by atoms with van der Waals surface area (Å²) < 4.78 is 34.1. The van der Waals surface area contributed by atoms with E-state index in [1.165, 1.54) is 50.6 Å². The van der Waals surface area contributed by atoms with Gasteiger partial charge in [-0.3, -0.25) is 4.79 Å². The number of nitrogens with zero attached hydrogens (tertiary/aromatic N) is 1. The summed E-state index contributed by atoms with van der Waals surface area (Å²) in [6.45, 7) is 0.285. The number of carbonyl (C=O) groups is 1. The largest absolute Gasteiger partial charge is 0.507 e. The minimum atomic E-state index is -3.37. The second kappa shape index (κ2) is 11.1. The first-order chi connectivity index (χ1) is 15.2. The van der Waals surface area contributed by atoms with Crippen LogP contribution >= 0.6 is 0 Å². The Kier molecular flexibility index (Phi) is 8.50. The fourth-order valence-electron chi connectivity index (χ4n) is 2.54. The van der Waals surface area contributed by atoms with Gasteiger partial charge >= 0.3 is 0 Å². The van der Waals surface area contributed by atoms with Crippen molar-refractivity contribution in [1.29, 1.82) is 5.41 Å². The number of hydrogen-bond acceptors (Lipinski definition) is 9. The van der Waals surface area contributed by atoms with E-state index in [0.29, 0.717) is 11.3 Å². The zero-order valence-corrected chi connectivity index (χ0v) is 18.6. The number of hydrazone groups is 1. The molecule has 10 nitrogen and oxygen atoms in total. The van der Waals surface area contributed by atoms with Crippen LogP contribution in [-0.2, 0) is 14.6 Å². The van der Waals surface area contributed by atoms with Crippen LogP contribution in [0.15, 0.2) is 52.5 Å². The molecule has 4 N–H and O–H groups in total. The number of ether oxygens (including phenoxy) is 2. The fraction of sp³-hybridized carbons (Fsp3) is 0.190. The minimum absolute atomic E-state index is 0.0279.